The highest BCUT2D eigenvalue weighted by Gasteiger charge is 2.23. The summed E-state index contributed by atoms with van der Waals surface area (Å²) in [6, 6.07) is 36.8. The highest BCUT2D eigenvalue weighted by atomic mass is 15.1. The summed E-state index contributed by atoms with van der Waals surface area (Å²) in [5.74, 6) is 1.73. The van der Waals surface area contributed by atoms with Crippen molar-refractivity contribution in [2.24, 2.45) is 0 Å². The van der Waals surface area contributed by atoms with Crippen LogP contribution in [0, 0.1) is 39.0 Å². The summed E-state index contributed by atoms with van der Waals surface area (Å²) in [5.41, 5.74) is 9.73. The molecule has 0 saturated carbocycles. The van der Waals surface area contributed by atoms with Crippen molar-refractivity contribution in [2.75, 3.05) is 0 Å². The first-order valence-electron chi connectivity index (χ1n) is 14.7. The fraction of sp³-hybridized carbons (Fsp3) is 0.105. The van der Waals surface area contributed by atoms with E-state index >= 15 is 0 Å². The predicted octanol–water partition coefficient (Wildman–Crippen LogP) is 8.84. The molecule has 0 spiro atoms. The van der Waals surface area contributed by atoms with Gasteiger partial charge in [0.1, 0.15) is 11.6 Å². The average molecular weight is 569 g/mol. The zero-order valence-corrected chi connectivity index (χ0v) is 24.9. The molecule has 0 radical (unpaired) electrons. The molecule has 0 saturated heterocycles. The van der Waals surface area contributed by atoms with E-state index in [9.17, 15) is 5.26 Å². The van der Waals surface area contributed by atoms with Gasteiger partial charge in [0.05, 0.1) is 45.1 Å². The number of aromatic nitrogens is 5. The second-order valence-electron chi connectivity index (χ2n) is 11.5. The molecule has 0 atom stereocenters. The fourth-order valence-electron chi connectivity index (χ4n) is 6.63. The van der Waals surface area contributed by atoms with Gasteiger partial charge in [0.2, 0.25) is 0 Å². The molecule has 0 fully saturated rings. The van der Waals surface area contributed by atoms with Crippen LogP contribution in [0.4, 0.5) is 0 Å². The molecule has 0 unspecified atom stereocenters. The Morgan fingerprint density at radius 1 is 0.523 bits per heavy atom. The monoisotopic (exact) mass is 568 g/mol. The fourth-order valence-corrected chi connectivity index (χ4v) is 6.63. The van der Waals surface area contributed by atoms with Gasteiger partial charge in [0, 0.05) is 27.1 Å². The topological polar surface area (TPSA) is 72.3 Å². The molecule has 0 aliphatic rings. The zero-order valence-electron chi connectivity index (χ0n) is 24.9. The van der Waals surface area contributed by atoms with Gasteiger partial charge in [-0.05, 0) is 75.2 Å². The van der Waals surface area contributed by atoms with Gasteiger partial charge in [0.25, 0.3) is 0 Å². The Kier molecular flexibility index (Phi) is 5.65. The molecule has 210 valence electrons. The number of fused-ring (bicyclic) bond motifs is 6. The summed E-state index contributed by atoms with van der Waals surface area (Å²) in [5, 5.41) is 15.3. The van der Waals surface area contributed by atoms with E-state index in [0.29, 0.717) is 28.6 Å². The van der Waals surface area contributed by atoms with Gasteiger partial charge in [0.15, 0.2) is 5.82 Å². The van der Waals surface area contributed by atoms with Gasteiger partial charge in [-0.2, -0.15) is 5.26 Å². The van der Waals surface area contributed by atoms with Crippen molar-refractivity contribution in [3.05, 3.63) is 125 Å². The van der Waals surface area contributed by atoms with Crippen LogP contribution in [0.2, 0.25) is 0 Å². The van der Waals surface area contributed by atoms with Crippen molar-refractivity contribution < 1.29 is 0 Å². The van der Waals surface area contributed by atoms with Crippen molar-refractivity contribution >= 4 is 43.6 Å². The van der Waals surface area contributed by atoms with Crippen molar-refractivity contribution in [3.8, 4) is 28.8 Å². The van der Waals surface area contributed by atoms with Gasteiger partial charge in [-0.25, -0.2) is 15.0 Å². The van der Waals surface area contributed by atoms with E-state index in [0.717, 1.165) is 38.8 Å². The van der Waals surface area contributed by atoms with Crippen molar-refractivity contribution in [3.63, 3.8) is 0 Å². The number of hydrogen-bond acceptors (Lipinski definition) is 4. The quantitative estimate of drug-likeness (QED) is 0.213. The number of nitriles is 1. The molecule has 3 aromatic heterocycles. The molecule has 8 rings (SSSR count). The molecule has 0 amide bonds. The van der Waals surface area contributed by atoms with Crippen LogP contribution in [0.3, 0.4) is 0 Å². The number of para-hydroxylation sites is 2. The van der Waals surface area contributed by atoms with E-state index < -0.39 is 0 Å². The lowest BCUT2D eigenvalue weighted by Crippen LogP contribution is -2.07. The standard InChI is InChI=1S/C38H28N6/c1-22-13-15-29-27-9-5-7-11-32(27)43(34(29)17-22)36-19-26(21-39)31(38-41-24(3)40-25(4)42-38)20-37(36)44-33-12-8-6-10-28(33)30-16-14-23(2)18-35(30)44/h5-20H,1-4H3. The SMILES string of the molecule is Cc1ccc2c3ccccc3n(-c3cc(C#N)c(-c4nc(C)nc(C)n4)cc3-n3c4ccccc4c4ccc(C)cc43)c2c1. The molecule has 6 nitrogen and oxygen atoms in total. The largest absolute Gasteiger partial charge is 0.307 e. The summed E-state index contributed by atoms with van der Waals surface area (Å²) in [6.07, 6.45) is 0. The molecule has 0 aliphatic carbocycles. The normalized spacial score (nSPS) is 11.6. The Bertz CT molecular complexity index is 2490. The lowest BCUT2D eigenvalue weighted by molar-refractivity contribution is 0.927. The number of aryl methyl sites for hydroxylation is 4. The smallest absolute Gasteiger partial charge is 0.164 e. The van der Waals surface area contributed by atoms with Crippen LogP contribution in [0.1, 0.15) is 28.3 Å². The Morgan fingerprint density at radius 2 is 1.00 bits per heavy atom. The van der Waals surface area contributed by atoms with Crippen LogP contribution in [-0.4, -0.2) is 24.1 Å². The maximum atomic E-state index is 10.6. The van der Waals surface area contributed by atoms with Gasteiger partial charge < -0.3 is 9.13 Å². The maximum Gasteiger partial charge on any atom is 0.164 e. The van der Waals surface area contributed by atoms with Crippen LogP contribution in [-0.2, 0) is 0 Å². The van der Waals surface area contributed by atoms with Crippen LogP contribution in [0.25, 0.3) is 66.4 Å². The number of nitrogens with zero attached hydrogens (tertiary/aromatic N) is 6. The average Bonchev–Trinajstić information content (AvgIpc) is 3.51. The number of rotatable bonds is 3. The van der Waals surface area contributed by atoms with Gasteiger partial charge >= 0.3 is 0 Å². The second-order valence-corrected chi connectivity index (χ2v) is 11.5. The molecule has 0 bridgehead atoms. The highest BCUT2D eigenvalue weighted by molar-refractivity contribution is 6.12. The zero-order chi connectivity index (χ0) is 30.1. The third-order valence-electron chi connectivity index (χ3n) is 8.48. The molecule has 3 heterocycles. The molecule has 0 N–H and O–H groups in total. The number of benzene rings is 5. The van der Waals surface area contributed by atoms with E-state index in [1.54, 1.807) is 0 Å². The first kappa shape index (κ1) is 25.9. The molecule has 0 aliphatic heterocycles. The second kappa shape index (κ2) is 9.62. The Morgan fingerprint density at radius 3 is 1.52 bits per heavy atom. The summed E-state index contributed by atoms with van der Waals surface area (Å²) in [7, 11) is 0. The molecule has 44 heavy (non-hydrogen) atoms. The van der Waals surface area contributed by atoms with Crippen LogP contribution < -0.4 is 0 Å². The Balaban J connectivity index is 1.60. The van der Waals surface area contributed by atoms with E-state index in [1.165, 1.54) is 27.3 Å². The maximum absolute atomic E-state index is 10.6. The van der Waals surface area contributed by atoms with Crippen molar-refractivity contribution in [1.29, 1.82) is 5.26 Å². The lowest BCUT2D eigenvalue weighted by atomic mass is 10.0. The van der Waals surface area contributed by atoms with Crippen LogP contribution in [0.15, 0.2) is 97.1 Å². The summed E-state index contributed by atoms with van der Waals surface area (Å²) in [6.45, 7) is 7.96. The molecular weight excluding hydrogens is 540 g/mol. The van der Waals surface area contributed by atoms with Gasteiger partial charge in [-0.1, -0.05) is 60.7 Å². The van der Waals surface area contributed by atoms with E-state index in [4.69, 9.17) is 0 Å². The van der Waals surface area contributed by atoms with E-state index in [2.05, 4.69) is 135 Å². The minimum Gasteiger partial charge on any atom is -0.307 e. The summed E-state index contributed by atoms with van der Waals surface area (Å²) >= 11 is 0. The minimum atomic E-state index is 0.495. The van der Waals surface area contributed by atoms with Gasteiger partial charge in [-0.3, -0.25) is 0 Å². The molecule has 5 aromatic carbocycles. The first-order chi connectivity index (χ1) is 21.4. The van der Waals surface area contributed by atoms with Crippen LogP contribution >= 0.6 is 0 Å². The lowest BCUT2D eigenvalue weighted by Gasteiger charge is -2.19. The number of hydrogen-bond donors (Lipinski definition) is 0. The Labute approximate surface area is 254 Å². The molecule has 8 aromatic rings. The van der Waals surface area contributed by atoms with E-state index in [1.807, 2.05) is 19.9 Å². The summed E-state index contributed by atoms with van der Waals surface area (Å²) < 4.78 is 4.63. The van der Waals surface area contributed by atoms with Gasteiger partial charge in [-0.15, -0.1) is 0 Å². The first-order valence-corrected chi connectivity index (χ1v) is 14.7. The third kappa shape index (κ3) is 3.83. The van der Waals surface area contributed by atoms with Crippen molar-refractivity contribution in [2.45, 2.75) is 27.7 Å². The minimum absolute atomic E-state index is 0.495. The van der Waals surface area contributed by atoms with Crippen molar-refractivity contribution in [1.82, 2.24) is 24.1 Å². The third-order valence-corrected chi connectivity index (χ3v) is 8.48. The highest BCUT2D eigenvalue weighted by Crippen LogP contribution is 2.40. The van der Waals surface area contributed by atoms with E-state index in [-0.39, 0.29) is 0 Å². The molecular formula is C38H28N6. The predicted molar refractivity (Wildman–Crippen MR) is 178 cm³/mol. The summed E-state index contributed by atoms with van der Waals surface area (Å²) in [4.78, 5) is 13.8. The Hall–Kier alpha value is -5.80. The van der Waals surface area contributed by atoms with Crippen LogP contribution in [0.5, 0.6) is 0 Å². The molecule has 6 heteroatoms.